The molecule has 0 saturated carbocycles. The first-order valence-electron chi connectivity index (χ1n) is 6.26. The molecule has 0 heterocycles. The van der Waals surface area contributed by atoms with Gasteiger partial charge in [-0.2, -0.15) is 0 Å². The topological polar surface area (TPSA) is 81.0 Å². The van der Waals surface area contributed by atoms with Crippen molar-refractivity contribution in [2.24, 2.45) is 0 Å². The van der Waals surface area contributed by atoms with Crippen LogP contribution in [0.3, 0.4) is 0 Å². The first kappa shape index (κ1) is 17.7. The summed E-state index contributed by atoms with van der Waals surface area (Å²) in [5.41, 5.74) is 0.775. The number of nitrogens with zero attached hydrogens (tertiary/aromatic N) is 1. The molecule has 1 aromatic rings. The summed E-state index contributed by atoms with van der Waals surface area (Å²) in [5.74, 6) is 0.121. The maximum absolute atomic E-state index is 10.6. The van der Waals surface area contributed by atoms with Crippen LogP contribution in [0.1, 0.15) is 17.3 Å². The minimum absolute atomic E-state index is 0.0694. The molecule has 1 aromatic carbocycles. The van der Waals surface area contributed by atoms with Crippen molar-refractivity contribution >= 4 is 5.78 Å². The van der Waals surface area contributed by atoms with Gasteiger partial charge in [0, 0.05) is 25.2 Å². The molecule has 0 spiro atoms. The molecule has 5 nitrogen and oxygen atoms in total. The SMILES string of the molecule is CC(=O)c1ccccc1.OCCN(CCO)CCO. The average Bonchev–Trinajstić information content (AvgIpc) is 2.41. The maximum atomic E-state index is 10.6. The van der Waals surface area contributed by atoms with Gasteiger partial charge in [-0.05, 0) is 6.92 Å². The number of hydrogen-bond acceptors (Lipinski definition) is 5. The second kappa shape index (κ2) is 11.8. The van der Waals surface area contributed by atoms with Crippen LogP contribution in [-0.2, 0) is 0 Å². The smallest absolute Gasteiger partial charge is 0.159 e. The van der Waals surface area contributed by atoms with E-state index in [4.69, 9.17) is 15.3 Å². The van der Waals surface area contributed by atoms with E-state index in [-0.39, 0.29) is 25.6 Å². The van der Waals surface area contributed by atoms with Crippen LogP contribution in [0, 0.1) is 0 Å². The number of aliphatic hydroxyl groups excluding tert-OH is 3. The third kappa shape index (κ3) is 9.32. The van der Waals surface area contributed by atoms with Crippen LogP contribution < -0.4 is 0 Å². The van der Waals surface area contributed by atoms with Gasteiger partial charge in [0.1, 0.15) is 0 Å². The van der Waals surface area contributed by atoms with Gasteiger partial charge in [-0.1, -0.05) is 30.3 Å². The zero-order valence-electron chi connectivity index (χ0n) is 11.3. The van der Waals surface area contributed by atoms with Gasteiger partial charge < -0.3 is 15.3 Å². The maximum Gasteiger partial charge on any atom is 0.159 e. The molecule has 0 aliphatic heterocycles. The summed E-state index contributed by atoms with van der Waals surface area (Å²) >= 11 is 0. The Morgan fingerprint density at radius 2 is 1.37 bits per heavy atom. The number of rotatable bonds is 7. The summed E-state index contributed by atoms with van der Waals surface area (Å²) in [7, 11) is 0. The van der Waals surface area contributed by atoms with E-state index in [1.807, 2.05) is 30.3 Å². The summed E-state index contributed by atoms with van der Waals surface area (Å²) in [6.07, 6.45) is 0. The number of hydrogen-bond donors (Lipinski definition) is 3. The predicted octanol–water partition coefficient (Wildman–Crippen LogP) is 0.155. The zero-order valence-corrected chi connectivity index (χ0v) is 11.3. The van der Waals surface area contributed by atoms with Crippen molar-refractivity contribution in [1.82, 2.24) is 4.90 Å². The van der Waals surface area contributed by atoms with Gasteiger partial charge in [-0.3, -0.25) is 9.69 Å². The number of ketones is 1. The fourth-order valence-corrected chi connectivity index (χ4v) is 1.43. The third-order valence-corrected chi connectivity index (χ3v) is 2.43. The van der Waals surface area contributed by atoms with Crippen molar-refractivity contribution in [2.45, 2.75) is 6.92 Å². The summed E-state index contributed by atoms with van der Waals surface area (Å²) in [6, 6.07) is 9.23. The van der Waals surface area contributed by atoms with Crippen molar-refractivity contribution in [2.75, 3.05) is 39.5 Å². The number of carbonyl (C=O) groups is 1. The Bertz CT molecular complexity index is 315. The Kier molecular flexibility index (Phi) is 11.0. The van der Waals surface area contributed by atoms with Crippen LogP contribution in [0.4, 0.5) is 0 Å². The Morgan fingerprint density at radius 3 is 1.63 bits per heavy atom. The van der Waals surface area contributed by atoms with E-state index in [0.717, 1.165) is 5.56 Å². The van der Waals surface area contributed by atoms with Crippen molar-refractivity contribution in [3.8, 4) is 0 Å². The second-order valence-electron chi connectivity index (χ2n) is 3.93. The minimum atomic E-state index is 0.0694. The van der Waals surface area contributed by atoms with Gasteiger partial charge in [0.2, 0.25) is 0 Å². The van der Waals surface area contributed by atoms with Crippen LogP contribution in [-0.4, -0.2) is 65.5 Å². The molecule has 0 amide bonds. The quantitative estimate of drug-likeness (QED) is 0.614. The van der Waals surface area contributed by atoms with Crippen molar-refractivity contribution in [3.63, 3.8) is 0 Å². The highest BCUT2D eigenvalue weighted by Gasteiger charge is 2.00. The molecule has 0 aliphatic carbocycles. The standard InChI is InChI=1S/C8H8O.C6H15NO3/c1-7(9)8-5-3-2-4-6-8;8-4-1-7(2-5-9)3-6-10/h2-6H,1H3;8-10H,1-6H2. The molecule has 0 aliphatic rings. The van der Waals surface area contributed by atoms with Gasteiger partial charge in [0.25, 0.3) is 0 Å². The summed E-state index contributed by atoms with van der Waals surface area (Å²) < 4.78 is 0. The van der Waals surface area contributed by atoms with E-state index in [9.17, 15) is 4.79 Å². The highest BCUT2D eigenvalue weighted by atomic mass is 16.3. The molecular formula is C14H23NO4. The van der Waals surface area contributed by atoms with Crippen LogP contribution in [0.25, 0.3) is 0 Å². The van der Waals surface area contributed by atoms with E-state index in [1.165, 1.54) is 0 Å². The monoisotopic (exact) mass is 269 g/mol. The minimum Gasteiger partial charge on any atom is -0.395 e. The molecule has 5 heteroatoms. The largest absolute Gasteiger partial charge is 0.395 e. The number of aliphatic hydroxyl groups is 3. The van der Waals surface area contributed by atoms with Gasteiger partial charge in [-0.15, -0.1) is 0 Å². The normalized spacial score (nSPS) is 9.95. The molecule has 19 heavy (non-hydrogen) atoms. The molecular weight excluding hydrogens is 246 g/mol. The summed E-state index contributed by atoms with van der Waals surface area (Å²) in [5, 5.41) is 25.5. The molecule has 0 bridgehead atoms. The zero-order chi connectivity index (χ0) is 14.5. The van der Waals surface area contributed by atoms with E-state index < -0.39 is 0 Å². The van der Waals surface area contributed by atoms with Crippen molar-refractivity contribution < 1.29 is 20.1 Å². The van der Waals surface area contributed by atoms with Gasteiger partial charge >= 0.3 is 0 Å². The average molecular weight is 269 g/mol. The molecule has 0 atom stereocenters. The van der Waals surface area contributed by atoms with Crippen molar-refractivity contribution in [1.29, 1.82) is 0 Å². The van der Waals surface area contributed by atoms with E-state index in [0.29, 0.717) is 19.6 Å². The van der Waals surface area contributed by atoms with Gasteiger partial charge in [-0.25, -0.2) is 0 Å². The molecule has 0 saturated heterocycles. The van der Waals surface area contributed by atoms with E-state index in [2.05, 4.69) is 0 Å². The molecule has 0 fully saturated rings. The van der Waals surface area contributed by atoms with E-state index in [1.54, 1.807) is 11.8 Å². The van der Waals surface area contributed by atoms with E-state index >= 15 is 0 Å². The molecule has 0 radical (unpaired) electrons. The Hall–Kier alpha value is -1.27. The number of carbonyl (C=O) groups excluding carboxylic acids is 1. The summed E-state index contributed by atoms with van der Waals surface area (Å²) in [6.45, 7) is 3.32. The van der Waals surface area contributed by atoms with Gasteiger partial charge in [0.15, 0.2) is 5.78 Å². The van der Waals surface area contributed by atoms with Gasteiger partial charge in [0.05, 0.1) is 19.8 Å². The predicted molar refractivity (Wildman–Crippen MR) is 74.1 cm³/mol. The first-order chi connectivity index (χ1) is 9.15. The molecule has 1 rings (SSSR count). The van der Waals surface area contributed by atoms with Crippen LogP contribution in [0.15, 0.2) is 30.3 Å². The van der Waals surface area contributed by atoms with Crippen LogP contribution in [0.2, 0.25) is 0 Å². The molecule has 3 N–H and O–H groups in total. The fraction of sp³-hybridized carbons (Fsp3) is 0.500. The number of benzene rings is 1. The third-order valence-electron chi connectivity index (χ3n) is 2.43. The summed E-state index contributed by atoms with van der Waals surface area (Å²) in [4.78, 5) is 12.4. The molecule has 0 unspecified atom stereocenters. The fourth-order valence-electron chi connectivity index (χ4n) is 1.43. The first-order valence-corrected chi connectivity index (χ1v) is 6.26. The van der Waals surface area contributed by atoms with Crippen LogP contribution in [0.5, 0.6) is 0 Å². The second-order valence-corrected chi connectivity index (χ2v) is 3.93. The number of Topliss-reactive ketones (excluding diaryl/α,β-unsaturated/α-hetero) is 1. The highest BCUT2D eigenvalue weighted by molar-refractivity contribution is 5.93. The lowest BCUT2D eigenvalue weighted by molar-refractivity contribution is 0.101. The Labute approximate surface area is 114 Å². The Morgan fingerprint density at radius 1 is 0.947 bits per heavy atom. The lowest BCUT2D eigenvalue weighted by Crippen LogP contribution is -2.32. The van der Waals surface area contributed by atoms with Crippen molar-refractivity contribution in [3.05, 3.63) is 35.9 Å². The molecule has 108 valence electrons. The molecule has 0 aromatic heterocycles. The Balaban J connectivity index is 0.000000342. The lowest BCUT2D eigenvalue weighted by atomic mass is 10.2. The lowest BCUT2D eigenvalue weighted by Gasteiger charge is -2.17. The highest BCUT2D eigenvalue weighted by Crippen LogP contribution is 1.97. The van der Waals surface area contributed by atoms with Crippen LogP contribution >= 0.6 is 0 Å².